The number of aromatic nitrogens is 2. The van der Waals surface area contributed by atoms with Crippen molar-refractivity contribution in [3.8, 4) is 0 Å². The minimum Gasteiger partial charge on any atom is -0.279 e. The van der Waals surface area contributed by atoms with Crippen molar-refractivity contribution in [2.75, 3.05) is 5.75 Å². The maximum absolute atomic E-state index is 2.74. The second kappa shape index (κ2) is 7.03. The summed E-state index contributed by atoms with van der Waals surface area (Å²) in [4.78, 5) is 1.41. The molecule has 0 amide bonds. The second-order valence-corrected chi connectivity index (χ2v) is 12.3. The lowest BCUT2D eigenvalue weighted by atomic mass is 10.1. The summed E-state index contributed by atoms with van der Waals surface area (Å²) in [6.45, 7) is 0. The third-order valence-electron chi connectivity index (χ3n) is 7.63. The van der Waals surface area contributed by atoms with Gasteiger partial charge in [0.05, 0.1) is 22.1 Å². The zero-order valence-corrected chi connectivity index (χ0v) is 20.1. The van der Waals surface area contributed by atoms with Gasteiger partial charge in [0.15, 0.2) is 0 Å². The van der Waals surface area contributed by atoms with Crippen LogP contribution in [0.25, 0.3) is 43.6 Å². The van der Waals surface area contributed by atoms with E-state index in [1.54, 1.807) is 0 Å². The van der Waals surface area contributed by atoms with Gasteiger partial charge < -0.3 is 0 Å². The highest BCUT2D eigenvalue weighted by Crippen LogP contribution is 2.68. The molecule has 3 heterocycles. The molecule has 0 atom stereocenters. The Morgan fingerprint density at radius 3 is 1.51 bits per heavy atom. The Bertz CT molecular complexity index is 1800. The first-order valence-corrected chi connectivity index (χ1v) is 14.0. The van der Waals surface area contributed by atoms with Crippen LogP contribution in [-0.2, 0) is 6.42 Å². The summed E-state index contributed by atoms with van der Waals surface area (Å²) < 4.78 is 5.48. The lowest BCUT2D eigenvalue weighted by Crippen LogP contribution is -2.20. The molecule has 1 aliphatic heterocycles. The number of fused-ring (bicyclic) bond motifs is 6. The summed E-state index contributed by atoms with van der Waals surface area (Å²) in [6, 6.07) is 44.9. The van der Waals surface area contributed by atoms with Gasteiger partial charge >= 0.3 is 0 Å². The molecule has 0 radical (unpaired) electrons. The Morgan fingerprint density at radius 2 is 0.943 bits per heavy atom. The van der Waals surface area contributed by atoms with Crippen LogP contribution >= 0.6 is 10.4 Å². The van der Waals surface area contributed by atoms with Crippen LogP contribution in [0.15, 0.2) is 126 Å². The van der Waals surface area contributed by atoms with Gasteiger partial charge in [-0.25, -0.2) is 0 Å². The molecule has 0 saturated heterocycles. The van der Waals surface area contributed by atoms with E-state index in [0.29, 0.717) is 0 Å². The third kappa shape index (κ3) is 2.41. The first-order valence-electron chi connectivity index (χ1n) is 12.2. The number of benzene rings is 5. The van der Waals surface area contributed by atoms with E-state index in [1.165, 1.54) is 54.1 Å². The van der Waals surface area contributed by atoms with Crippen molar-refractivity contribution in [1.29, 1.82) is 0 Å². The van der Waals surface area contributed by atoms with Crippen LogP contribution in [0.3, 0.4) is 0 Å². The van der Waals surface area contributed by atoms with E-state index >= 15 is 0 Å². The van der Waals surface area contributed by atoms with Gasteiger partial charge in [-0.15, -0.1) is 0 Å². The lowest BCUT2D eigenvalue weighted by Gasteiger charge is -2.42. The normalized spacial score (nSPS) is 15.1. The zero-order chi connectivity index (χ0) is 23.0. The van der Waals surface area contributed by atoms with Crippen molar-refractivity contribution in [2.24, 2.45) is 0 Å². The number of nitrogens with zero attached hydrogens (tertiary/aromatic N) is 2. The average Bonchev–Trinajstić information content (AvgIpc) is 3.55. The fourth-order valence-corrected chi connectivity index (χ4v) is 10.4. The summed E-state index contributed by atoms with van der Waals surface area (Å²) in [5, 5.41) is 5.44. The molecule has 0 aliphatic carbocycles. The molecule has 0 N–H and O–H groups in total. The van der Waals surface area contributed by atoms with Crippen LogP contribution in [0.5, 0.6) is 0 Å². The molecule has 3 heteroatoms. The van der Waals surface area contributed by atoms with E-state index in [1.807, 2.05) is 0 Å². The van der Waals surface area contributed by atoms with E-state index in [9.17, 15) is 0 Å². The SMILES string of the molecule is c1ccc(CCS2(c3ccccc3)n3c4ccccc4c4ccc5c6ccccc6n2c5c43)cc1. The lowest BCUT2D eigenvalue weighted by molar-refractivity contribution is 1.10. The molecule has 0 unspecified atom stereocenters. The van der Waals surface area contributed by atoms with Crippen LogP contribution in [0.1, 0.15) is 5.56 Å². The highest BCUT2D eigenvalue weighted by Gasteiger charge is 2.41. The highest BCUT2D eigenvalue weighted by molar-refractivity contribution is 8.32. The molecule has 2 aromatic heterocycles. The van der Waals surface area contributed by atoms with Crippen LogP contribution in [0.4, 0.5) is 0 Å². The number of aryl methyl sites for hydroxylation is 1. The van der Waals surface area contributed by atoms with Gasteiger partial charge in [0.25, 0.3) is 0 Å². The van der Waals surface area contributed by atoms with E-state index in [2.05, 4.69) is 129 Å². The number of para-hydroxylation sites is 2. The van der Waals surface area contributed by atoms with Crippen molar-refractivity contribution >= 4 is 54.0 Å². The first-order chi connectivity index (χ1) is 17.4. The summed E-state index contributed by atoms with van der Waals surface area (Å²) in [7, 11) is -1.63. The Kier molecular flexibility index (Phi) is 3.89. The Morgan fingerprint density at radius 1 is 0.457 bits per heavy atom. The molecule has 0 saturated carbocycles. The van der Waals surface area contributed by atoms with Crippen molar-refractivity contribution in [2.45, 2.75) is 11.3 Å². The first kappa shape index (κ1) is 19.4. The minimum atomic E-state index is -1.63. The van der Waals surface area contributed by atoms with Gasteiger partial charge in [-0.1, -0.05) is 107 Å². The predicted molar refractivity (Wildman–Crippen MR) is 151 cm³/mol. The zero-order valence-electron chi connectivity index (χ0n) is 19.3. The topological polar surface area (TPSA) is 9.86 Å². The maximum Gasteiger partial charge on any atom is 0.0860 e. The Balaban J connectivity index is 1.58. The third-order valence-corrected chi connectivity index (χ3v) is 11.4. The van der Waals surface area contributed by atoms with Crippen LogP contribution in [0, 0.1) is 0 Å². The van der Waals surface area contributed by atoms with Crippen molar-refractivity contribution in [1.82, 2.24) is 7.94 Å². The molecular weight excluding hydrogens is 444 g/mol. The molecule has 0 fully saturated rings. The summed E-state index contributed by atoms with van der Waals surface area (Å²) in [6.07, 6.45) is 1.03. The molecule has 8 rings (SSSR count). The van der Waals surface area contributed by atoms with Gasteiger partial charge in [0.2, 0.25) is 0 Å². The monoisotopic (exact) mass is 468 g/mol. The van der Waals surface area contributed by atoms with Crippen molar-refractivity contribution in [3.63, 3.8) is 0 Å². The number of rotatable bonds is 4. The minimum absolute atomic E-state index is 1.03. The molecule has 7 aromatic rings. The van der Waals surface area contributed by atoms with E-state index < -0.39 is 10.4 Å². The van der Waals surface area contributed by atoms with Gasteiger partial charge in [-0.05, 0) is 36.2 Å². The Hall–Kier alpha value is -3.95. The fraction of sp³-hybridized carbons (Fsp3) is 0.0625. The van der Waals surface area contributed by atoms with E-state index in [0.717, 1.165) is 12.2 Å². The van der Waals surface area contributed by atoms with Gasteiger partial charge in [0, 0.05) is 32.2 Å². The molecule has 0 bridgehead atoms. The molecule has 1 aliphatic rings. The summed E-state index contributed by atoms with van der Waals surface area (Å²) in [5.74, 6) is 1.05. The average molecular weight is 469 g/mol. The second-order valence-electron chi connectivity index (χ2n) is 9.40. The molecule has 0 spiro atoms. The molecule has 2 nitrogen and oxygen atoms in total. The van der Waals surface area contributed by atoms with Crippen molar-refractivity contribution < 1.29 is 0 Å². The van der Waals surface area contributed by atoms with Gasteiger partial charge in [-0.2, -0.15) is 0 Å². The van der Waals surface area contributed by atoms with Gasteiger partial charge in [0.1, 0.15) is 0 Å². The predicted octanol–water partition coefficient (Wildman–Crippen LogP) is 8.55. The highest BCUT2D eigenvalue weighted by atomic mass is 32.3. The molecule has 35 heavy (non-hydrogen) atoms. The van der Waals surface area contributed by atoms with Crippen LogP contribution in [0.2, 0.25) is 0 Å². The number of hydrogen-bond acceptors (Lipinski definition) is 0. The largest absolute Gasteiger partial charge is 0.279 e. The van der Waals surface area contributed by atoms with E-state index in [-0.39, 0.29) is 0 Å². The molecule has 168 valence electrons. The summed E-state index contributed by atoms with van der Waals surface area (Å²) in [5.41, 5.74) is 6.87. The number of hydrogen-bond donors (Lipinski definition) is 0. The Labute approximate surface area is 205 Å². The standard InChI is InChI=1S/C32H24N2S/c1-3-11-23(12-4-1)21-22-35(24-13-5-2-6-14-24)33-29-17-9-7-15-25(29)27-19-20-28-26-16-8-10-18-30(26)34(35)32(28)31(27)33/h1-20H,21-22H2. The smallest absolute Gasteiger partial charge is 0.0860 e. The quantitative estimate of drug-likeness (QED) is 0.245. The maximum atomic E-state index is 2.74. The van der Waals surface area contributed by atoms with Crippen LogP contribution in [-0.4, -0.2) is 13.7 Å². The fourth-order valence-electron chi connectivity index (χ4n) is 6.19. The van der Waals surface area contributed by atoms with Gasteiger partial charge in [-0.3, -0.25) is 7.94 Å². The molecule has 5 aromatic carbocycles. The summed E-state index contributed by atoms with van der Waals surface area (Å²) >= 11 is 0. The van der Waals surface area contributed by atoms with Crippen molar-refractivity contribution in [3.05, 3.63) is 127 Å². The van der Waals surface area contributed by atoms with Crippen LogP contribution < -0.4 is 0 Å². The molecular formula is C32H24N2S. The van der Waals surface area contributed by atoms with E-state index in [4.69, 9.17) is 0 Å².